The number of halogens is 2. The van der Waals surface area contributed by atoms with Crippen LogP contribution in [0.1, 0.15) is 10.4 Å². The number of H-pyrrole nitrogens is 1. The number of carbonyl (C=O) groups is 1. The Morgan fingerprint density at radius 2 is 2.00 bits per heavy atom. The number of aromatic amines is 1. The predicted molar refractivity (Wildman–Crippen MR) is 102 cm³/mol. The van der Waals surface area contributed by atoms with Gasteiger partial charge in [-0.3, -0.25) is 9.89 Å². The number of pyridine rings is 2. The largest absolute Gasteiger partial charge is 0.305 e. The van der Waals surface area contributed by atoms with E-state index in [0.29, 0.717) is 22.1 Å². The smallest absolute Gasteiger partial charge is 0.256 e. The number of aromatic nitrogens is 5. The third kappa shape index (κ3) is 2.89. The SMILES string of the molecule is O=C(Nc1n[nH]c2nc(-c3cnn4ccccc34)c(F)cc12)c1cccc(F)c1. The van der Waals surface area contributed by atoms with Gasteiger partial charge in [0.2, 0.25) is 0 Å². The minimum absolute atomic E-state index is 0.104. The first-order valence-corrected chi connectivity index (χ1v) is 8.64. The van der Waals surface area contributed by atoms with Crippen molar-refractivity contribution in [2.24, 2.45) is 0 Å². The molecule has 0 fully saturated rings. The Hall–Kier alpha value is -4.14. The minimum atomic E-state index is -0.584. The maximum absolute atomic E-state index is 14.9. The maximum Gasteiger partial charge on any atom is 0.256 e. The molecule has 5 rings (SSSR count). The monoisotopic (exact) mass is 390 g/mol. The first kappa shape index (κ1) is 17.0. The Kier molecular flexibility index (Phi) is 3.80. The molecule has 0 unspecified atom stereocenters. The number of hydrogen-bond acceptors (Lipinski definition) is 4. The van der Waals surface area contributed by atoms with Gasteiger partial charge in [-0.25, -0.2) is 18.3 Å². The number of benzene rings is 1. The van der Waals surface area contributed by atoms with Crippen LogP contribution in [-0.4, -0.2) is 30.7 Å². The lowest BCUT2D eigenvalue weighted by Gasteiger charge is -2.04. The summed E-state index contributed by atoms with van der Waals surface area (Å²) in [5, 5.41) is 13.7. The summed E-state index contributed by atoms with van der Waals surface area (Å²) >= 11 is 0. The van der Waals surface area contributed by atoms with Crippen LogP contribution >= 0.6 is 0 Å². The molecule has 0 saturated heterocycles. The van der Waals surface area contributed by atoms with Crippen molar-refractivity contribution in [3.63, 3.8) is 0 Å². The molecule has 29 heavy (non-hydrogen) atoms. The van der Waals surface area contributed by atoms with Crippen molar-refractivity contribution in [2.75, 3.05) is 5.32 Å². The third-order valence-corrected chi connectivity index (χ3v) is 4.51. The molecule has 0 aliphatic heterocycles. The lowest BCUT2D eigenvalue weighted by atomic mass is 10.1. The molecule has 1 aromatic carbocycles. The quantitative estimate of drug-likeness (QED) is 0.490. The second-order valence-electron chi connectivity index (χ2n) is 6.34. The molecule has 4 aromatic heterocycles. The summed E-state index contributed by atoms with van der Waals surface area (Å²) in [4.78, 5) is 16.7. The molecule has 4 heterocycles. The van der Waals surface area contributed by atoms with Crippen molar-refractivity contribution in [1.82, 2.24) is 24.8 Å². The third-order valence-electron chi connectivity index (χ3n) is 4.51. The number of fused-ring (bicyclic) bond motifs is 2. The molecule has 5 aromatic rings. The van der Waals surface area contributed by atoms with Crippen molar-refractivity contribution < 1.29 is 13.6 Å². The molecule has 0 saturated carbocycles. The normalized spacial score (nSPS) is 11.2. The van der Waals surface area contributed by atoms with Gasteiger partial charge in [-0.15, -0.1) is 0 Å². The van der Waals surface area contributed by atoms with Crippen molar-refractivity contribution in [3.05, 3.63) is 78.1 Å². The first-order valence-electron chi connectivity index (χ1n) is 8.64. The summed E-state index contributed by atoms with van der Waals surface area (Å²) in [5.41, 5.74) is 1.77. The molecule has 0 radical (unpaired) electrons. The van der Waals surface area contributed by atoms with Gasteiger partial charge < -0.3 is 5.32 Å². The summed E-state index contributed by atoms with van der Waals surface area (Å²) in [6, 6.07) is 11.9. The molecular formula is C20H12F2N6O. The van der Waals surface area contributed by atoms with Crippen LogP contribution in [0.25, 0.3) is 27.8 Å². The maximum atomic E-state index is 14.9. The van der Waals surface area contributed by atoms with Gasteiger partial charge in [0.1, 0.15) is 11.5 Å². The second kappa shape index (κ2) is 6.48. The highest BCUT2D eigenvalue weighted by Crippen LogP contribution is 2.29. The van der Waals surface area contributed by atoms with E-state index in [1.54, 1.807) is 10.7 Å². The predicted octanol–water partition coefficient (Wildman–Crippen LogP) is 3.80. The van der Waals surface area contributed by atoms with Gasteiger partial charge in [-0.2, -0.15) is 10.2 Å². The van der Waals surface area contributed by atoms with E-state index in [1.165, 1.54) is 30.5 Å². The van der Waals surface area contributed by atoms with E-state index in [4.69, 9.17) is 0 Å². The standard InChI is InChI=1S/C20H12F2N6O/c21-12-5-3-4-11(8-12)20(29)25-19-13-9-15(22)17(24-18(13)26-27-19)14-10-23-28-7-2-1-6-16(14)28/h1-10H,(H2,24,25,26,27,29). The fourth-order valence-corrected chi connectivity index (χ4v) is 3.13. The fraction of sp³-hybridized carbons (Fsp3) is 0. The van der Waals surface area contributed by atoms with Gasteiger partial charge >= 0.3 is 0 Å². The van der Waals surface area contributed by atoms with Crippen molar-refractivity contribution in [2.45, 2.75) is 0 Å². The summed E-state index contributed by atoms with van der Waals surface area (Å²) < 4.78 is 29.8. The zero-order chi connectivity index (χ0) is 20.0. The van der Waals surface area contributed by atoms with Crippen LogP contribution in [-0.2, 0) is 0 Å². The van der Waals surface area contributed by atoms with Crippen LogP contribution in [0.15, 0.2) is 60.9 Å². The highest BCUT2D eigenvalue weighted by atomic mass is 19.1. The lowest BCUT2D eigenvalue weighted by Crippen LogP contribution is -2.12. The van der Waals surface area contributed by atoms with Crippen molar-refractivity contribution in [3.8, 4) is 11.3 Å². The van der Waals surface area contributed by atoms with Gasteiger partial charge in [-0.1, -0.05) is 12.1 Å². The van der Waals surface area contributed by atoms with E-state index in [1.807, 2.05) is 18.2 Å². The molecule has 142 valence electrons. The zero-order valence-electron chi connectivity index (χ0n) is 14.7. The Balaban J connectivity index is 1.54. The van der Waals surface area contributed by atoms with Gasteiger partial charge in [0.15, 0.2) is 17.3 Å². The van der Waals surface area contributed by atoms with E-state index < -0.39 is 17.5 Å². The molecule has 9 heteroatoms. The lowest BCUT2D eigenvalue weighted by molar-refractivity contribution is 0.102. The van der Waals surface area contributed by atoms with E-state index >= 15 is 0 Å². The van der Waals surface area contributed by atoms with Crippen LogP contribution in [0.3, 0.4) is 0 Å². The Labute approximate surface area is 162 Å². The number of anilines is 1. The van der Waals surface area contributed by atoms with Crippen LogP contribution in [0, 0.1) is 11.6 Å². The fourth-order valence-electron chi connectivity index (χ4n) is 3.13. The second-order valence-corrected chi connectivity index (χ2v) is 6.34. The molecule has 0 bridgehead atoms. The van der Waals surface area contributed by atoms with Crippen LogP contribution in [0.5, 0.6) is 0 Å². The molecule has 0 atom stereocenters. The Bertz CT molecular complexity index is 1390. The van der Waals surface area contributed by atoms with Gasteiger partial charge in [-0.05, 0) is 36.4 Å². The van der Waals surface area contributed by atoms with Gasteiger partial charge in [0.05, 0.1) is 17.1 Å². The first-order chi connectivity index (χ1) is 14.1. The average Bonchev–Trinajstić information content (AvgIpc) is 3.31. The summed E-state index contributed by atoms with van der Waals surface area (Å²) in [6.45, 7) is 0. The summed E-state index contributed by atoms with van der Waals surface area (Å²) in [6.07, 6.45) is 3.29. The van der Waals surface area contributed by atoms with E-state index in [2.05, 4.69) is 25.6 Å². The van der Waals surface area contributed by atoms with Crippen LogP contribution < -0.4 is 5.32 Å². The molecule has 2 N–H and O–H groups in total. The van der Waals surface area contributed by atoms with Gasteiger partial charge in [0, 0.05) is 17.3 Å². The Morgan fingerprint density at radius 3 is 2.86 bits per heavy atom. The highest BCUT2D eigenvalue weighted by Gasteiger charge is 2.18. The Morgan fingerprint density at radius 1 is 1.10 bits per heavy atom. The van der Waals surface area contributed by atoms with Crippen molar-refractivity contribution in [1.29, 1.82) is 0 Å². The molecule has 1 amide bonds. The molecule has 0 aliphatic carbocycles. The molecule has 0 aliphatic rings. The number of nitrogens with one attached hydrogen (secondary N) is 2. The molecule has 0 spiro atoms. The van der Waals surface area contributed by atoms with Gasteiger partial charge in [0.25, 0.3) is 5.91 Å². The zero-order valence-corrected chi connectivity index (χ0v) is 14.7. The molecular weight excluding hydrogens is 378 g/mol. The number of rotatable bonds is 3. The molecule has 7 nitrogen and oxygen atoms in total. The highest BCUT2D eigenvalue weighted by molar-refractivity contribution is 6.07. The number of nitrogens with zero attached hydrogens (tertiary/aromatic N) is 4. The van der Waals surface area contributed by atoms with E-state index in [0.717, 1.165) is 6.07 Å². The summed E-state index contributed by atoms with van der Waals surface area (Å²) in [7, 11) is 0. The average molecular weight is 390 g/mol. The number of hydrogen-bond donors (Lipinski definition) is 2. The number of carbonyl (C=O) groups excluding carboxylic acids is 1. The van der Waals surface area contributed by atoms with E-state index in [9.17, 15) is 13.6 Å². The van der Waals surface area contributed by atoms with E-state index in [-0.39, 0.29) is 17.1 Å². The van der Waals surface area contributed by atoms with Crippen LogP contribution in [0.2, 0.25) is 0 Å². The minimum Gasteiger partial charge on any atom is -0.305 e. The number of amides is 1. The topological polar surface area (TPSA) is 88.0 Å². The van der Waals surface area contributed by atoms with Crippen molar-refractivity contribution >= 4 is 28.3 Å². The van der Waals surface area contributed by atoms with Crippen LogP contribution in [0.4, 0.5) is 14.6 Å². The summed E-state index contributed by atoms with van der Waals surface area (Å²) in [5.74, 6) is -1.58.